The molecular weight excluding hydrogens is 450 g/mol. The first-order chi connectivity index (χ1) is 15.2. The van der Waals surface area contributed by atoms with Crippen molar-refractivity contribution in [3.05, 3.63) is 40.3 Å². The van der Waals surface area contributed by atoms with Gasteiger partial charge in [0.1, 0.15) is 16.8 Å². The Balaban J connectivity index is 1.35. The summed E-state index contributed by atoms with van der Waals surface area (Å²) in [6.07, 6.45) is 4.16. The molecule has 0 saturated carbocycles. The summed E-state index contributed by atoms with van der Waals surface area (Å²) in [6.45, 7) is 2.51. The number of anilines is 3. The van der Waals surface area contributed by atoms with Crippen molar-refractivity contribution in [3.8, 4) is 11.8 Å². The largest absolute Gasteiger partial charge is 0.492 e. The zero-order valence-corrected chi connectivity index (χ0v) is 19.4. The van der Waals surface area contributed by atoms with Crippen LogP contribution in [0.5, 0.6) is 5.75 Å². The highest BCUT2D eigenvalue weighted by atomic mass is 32.2. The first-order valence-electron chi connectivity index (χ1n) is 9.97. The molecule has 1 aliphatic carbocycles. The number of benzene rings is 1. The minimum Gasteiger partial charge on any atom is -0.492 e. The predicted molar refractivity (Wildman–Crippen MR) is 126 cm³/mol. The van der Waals surface area contributed by atoms with Gasteiger partial charge in [-0.05, 0) is 50.3 Å². The second-order valence-electron chi connectivity index (χ2n) is 6.79. The number of aromatic nitrogens is 2. The average Bonchev–Trinajstić information content (AvgIpc) is 3.37. The van der Waals surface area contributed by atoms with Crippen LogP contribution >= 0.6 is 34.4 Å². The number of amides is 1. The van der Waals surface area contributed by atoms with Gasteiger partial charge in [-0.15, -0.1) is 21.5 Å². The van der Waals surface area contributed by atoms with Crippen LogP contribution in [0.2, 0.25) is 0 Å². The smallest absolute Gasteiger partial charge is 0.235 e. The van der Waals surface area contributed by atoms with E-state index in [2.05, 4.69) is 26.9 Å². The fourth-order valence-electron chi connectivity index (χ4n) is 3.35. The molecule has 10 heteroatoms. The number of ether oxygens (including phenoxy) is 1. The van der Waals surface area contributed by atoms with Crippen molar-refractivity contribution >= 4 is 56.2 Å². The van der Waals surface area contributed by atoms with Crippen LogP contribution in [0.3, 0.4) is 0 Å². The van der Waals surface area contributed by atoms with E-state index in [0.29, 0.717) is 26.6 Å². The van der Waals surface area contributed by atoms with Gasteiger partial charge in [-0.25, -0.2) is 0 Å². The number of hydrogen-bond donors (Lipinski definition) is 2. The average molecular weight is 472 g/mol. The lowest BCUT2D eigenvalue weighted by Crippen LogP contribution is -2.13. The summed E-state index contributed by atoms with van der Waals surface area (Å²) in [4.78, 5) is 13.7. The number of para-hydroxylation sites is 2. The lowest BCUT2D eigenvalue weighted by Gasteiger charge is -2.09. The number of nitrogens with one attached hydrogen (secondary N) is 2. The third kappa shape index (κ3) is 5.18. The number of fused-ring (bicyclic) bond motifs is 1. The van der Waals surface area contributed by atoms with Gasteiger partial charge in [-0.1, -0.05) is 35.2 Å². The molecule has 3 aromatic rings. The number of thiophene rings is 1. The zero-order chi connectivity index (χ0) is 21.6. The van der Waals surface area contributed by atoms with E-state index in [-0.39, 0.29) is 11.7 Å². The zero-order valence-electron chi connectivity index (χ0n) is 16.9. The molecular formula is C21H21N5O2S3. The van der Waals surface area contributed by atoms with Crippen LogP contribution in [0, 0.1) is 11.3 Å². The number of nitriles is 1. The third-order valence-corrected chi connectivity index (χ3v) is 7.88. The van der Waals surface area contributed by atoms with Gasteiger partial charge in [0.25, 0.3) is 0 Å². The monoisotopic (exact) mass is 471 g/mol. The number of rotatable bonds is 8. The Hall–Kier alpha value is -2.61. The van der Waals surface area contributed by atoms with Crippen LogP contribution in [0.4, 0.5) is 15.8 Å². The molecule has 0 atom stereocenters. The van der Waals surface area contributed by atoms with Crippen molar-refractivity contribution < 1.29 is 9.53 Å². The van der Waals surface area contributed by atoms with Crippen molar-refractivity contribution in [2.45, 2.75) is 36.9 Å². The highest BCUT2D eigenvalue weighted by molar-refractivity contribution is 8.01. The van der Waals surface area contributed by atoms with Gasteiger partial charge < -0.3 is 15.4 Å². The van der Waals surface area contributed by atoms with E-state index >= 15 is 0 Å². The van der Waals surface area contributed by atoms with Crippen LogP contribution in [-0.4, -0.2) is 28.5 Å². The molecule has 0 spiro atoms. The van der Waals surface area contributed by atoms with E-state index in [0.717, 1.165) is 42.7 Å². The van der Waals surface area contributed by atoms with Crippen LogP contribution < -0.4 is 15.4 Å². The normalized spacial score (nSPS) is 12.6. The minimum atomic E-state index is -0.147. The highest BCUT2D eigenvalue weighted by Crippen LogP contribution is 2.38. The summed E-state index contributed by atoms with van der Waals surface area (Å²) < 4.78 is 6.31. The Morgan fingerprint density at radius 1 is 1.26 bits per heavy atom. The van der Waals surface area contributed by atoms with Gasteiger partial charge in [0.15, 0.2) is 4.34 Å². The van der Waals surface area contributed by atoms with Crippen LogP contribution in [0.25, 0.3) is 0 Å². The Labute approximate surface area is 192 Å². The molecule has 0 unspecified atom stereocenters. The summed E-state index contributed by atoms with van der Waals surface area (Å²) in [6, 6.07) is 9.92. The first-order valence-corrected chi connectivity index (χ1v) is 12.6. The molecule has 4 rings (SSSR count). The Morgan fingerprint density at radius 2 is 2.10 bits per heavy atom. The van der Waals surface area contributed by atoms with Gasteiger partial charge in [0, 0.05) is 4.88 Å². The molecule has 0 radical (unpaired) electrons. The Bertz CT molecular complexity index is 1120. The van der Waals surface area contributed by atoms with Gasteiger partial charge in [-0.2, -0.15) is 5.26 Å². The number of carbonyl (C=O) groups excluding carboxylic acids is 1. The molecule has 0 bridgehead atoms. The van der Waals surface area contributed by atoms with E-state index in [4.69, 9.17) is 4.74 Å². The van der Waals surface area contributed by atoms with E-state index in [1.54, 1.807) is 0 Å². The predicted octanol–water partition coefficient (Wildman–Crippen LogP) is 5.22. The van der Waals surface area contributed by atoms with Crippen molar-refractivity contribution in [1.82, 2.24) is 10.2 Å². The number of thioether (sulfide) groups is 1. The Morgan fingerprint density at radius 3 is 2.94 bits per heavy atom. The van der Waals surface area contributed by atoms with Gasteiger partial charge in [-0.3, -0.25) is 4.79 Å². The van der Waals surface area contributed by atoms with E-state index in [1.165, 1.54) is 39.3 Å². The summed E-state index contributed by atoms with van der Waals surface area (Å²) in [5, 5.41) is 25.3. The second kappa shape index (κ2) is 10.1. The molecule has 0 saturated heterocycles. The maximum absolute atomic E-state index is 12.5. The molecule has 31 heavy (non-hydrogen) atoms. The maximum Gasteiger partial charge on any atom is 0.235 e. The number of nitrogens with zero attached hydrogens (tertiary/aromatic N) is 3. The molecule has 7 nitrogen and oxygen atoms in total. The van der Waals surface area contributed by atoms with Gasteiger partial charge >= 0.3 is 0 Å². The maximum atomic E-state index is 12.5. The second-order valence-corrected chi connectivity index (χ2v) is 10.1. The molecule has 2 aromatic heterocycles. The van der Waals surface area contributed by atoms with E-state index < -0.39 is 0 Å². The molecule has 1 aliphatic rings. The molecule has 1 aromatic carbocycles. The van der Waals surface area contributed by atoms with E-state index in [9.17, 15) is 10.1 Å². The quantitative estimate of drug-likeness (QED) is 0.434. The van der Waals surface area contributed by atoms with E-state index in [1.807, 2.05) is 31.2 Å². The number of aryl methyl sites for hydroxylation is 1. The fourth-order valence-corrected chi connectivity index (χ4v) is 6.17. The standard InChI is InChI=1S/C21H21N5O2S3/c1-2-28-16-9-5-4-8-15(16)23-20-25-26-21(31-20)29-12-18(27)24-19-14(11-22)13-7-3-6-10-17(13)30-19/h4-5,8-9H,2-3,6-7,10,12H2,1H3,(H,23,25)(H,24,27). The van der Waals surface area contributed by atoms with Crippen LogP contribution in [-0.2, 0) is 17.6 Å². The topological polar surface area (TPSA) is 99.9 Å². The fraction of sp³-hybridized carbons (Fsp3) is 0.333. The Kier molecular flexibility index (Phi) is 7.06. The van der Waals surface area contributed by atoms with Gasteiger partial charge in [0.05, 0.1) is 23.6 Å². The van der Waals surface area contributed by atoms with Crippen molar-refractivity contribution in [2.75, 3.05) is 23.0 Å². The van der Waals surface area contributed by atoms with Gasteiger partial charge in [0.2, 0.25) is 11.0 Å². The molecule has 0 aliphatic heterocycles. The van der Waals surface area contributed by atoms with Crippen LogP contribution in [0.1, 0.15) is 35.8 Å². The first kappa shape index (κ1) is 21.6. The van der Waals surface area contributed by atoms with Crippen molar-refractivity contribution in [3.63, 3.8) is 0 Å². The molecule has 2 N–H and O–H groups in total. The summed E-state index contributed by atoms with van der Waals surface area (Å²) in [5.74, 6) is 0.810. The molecule has 0 fully saturated rings. The third-order valence-electron chi connectivity index (χ3n) is 4.70. The van der Waals surface area contributed by atoms with Crippen molar-refractivity contribution in [1.29, 1.82) is 5.26 Å². The molecule has 160 valence electrons. The number of carbonyl (C=O) groups is 1. The minimum absolute atomic E-state index is 0.147. The molecule has 1 amide bonds. The van der Waals surface area contributed by atoms with Crippen molar-refractivity contribution in [2.24, 2.45) is 0 Å². The lowest BCUT2D eigenvalue weighted by atomic mass is 9.96. The summed E-state index contributed by atoms with van der Waals surface area (Å²) in [7, 11) is 0. The lowest BCUT2D eigenvalue weighted by molar-refractivity contribution is -0.113. The summed E-state index contributed by atoms with van der Waals surface area (Å²) in [5.41, 5.74) is 2.57. The van der Waals surface area contributed by atoms with Crippen LogP contribution in [0.15, 0.2) is 28.6 Å². The SMILES string of the molecule is CCOc1ccccc1Nc1nnc(SCC(=O)Nc2sc3c(c2C#N)CCCC3)s1. The summed E-state index contributed by atoms with van der Waals surface area (Å²) >= 11 is 4.24. The highest BCUT2D eigenvalue weighted by Gasteiger charge is 2.22. The molecule has 2 heterocycles. The number of hydrogen-bond acceptors (Lipinski definition) is 9.